The Balaban J connectivity index is 1.81. The Bertz CT molecular complexity index is 661. The van der Waals surface area contributed by atoms with E-state index in [-0.39, 0.29) is 18.6 Å². The van der Waals surface area contributed by atoms with Gasteiger partial charge in [0, 0.05) is 38.5 Å². The highest BCUT2D eigenvalue weighted by atomic mass is 16.3. The Morgan fingerprint density at radius 3 is 2.55 bits per heavy atom. The molecule has 0 heterocycles. The van der Waals surface area contributed by atoms with Gasteiger partial charge >= 0.3 is 0 Å². The van der Waals surface area contributed by atoms with Gasteiger partial charge in [0.05, 0.1) is 6.04 Å². The summed E-state index contributed by atoms with van der Waals surface area (Å²) in [5.41, 5.74) is 4.83. The number of nitrogens with zero attached hydrogens (tertiary/aromatic N) is 2. The van der Waals surface area contributed by atoms with E-state index in [9.17, 15) is 5.11 Å². The molecule has 0 bridgehead atoms. The Morgan fingerprint density at radius 1 is 1.14 bits per heavy atom. The number of anilines is 1. The summed E-state index contributed by atoms with van der Waals surface area (Å²) in [6, 6.07) is 16.8. The maximum Gasteiger partial charge on any atom is 0.0805 e. The summed E-state index contributed by atoms with van der Waals surface area (Å²) in [6.07, 6.45) is 2.84. The molecule has 0 spiro atoms. The molecule has 0 radical (unpaired) electrons. The molecule has 2 atom stereocenters. The summed E-state index contributed by atoms with van der Waals surface area (Å²) < 4.78 is 0. The minimum absolute atomic E-state index is 0.0646. The molecule has 3 rings (SSSR count). The van der Waals surface area contributed by atoms with Crippen LogP contribution in [0.25, 0.3) is 0 Å². The van der Waals surface area contributed by atoms with E-state index < -0.39 is 0 Å². The largest absolute Gasteiger partial charge is 0.396 e. The smallest absolute Gasteiger partial charge is 0.0805 e. The van der Waals surface area contributed by atoms with Crippen LogP contribution in [0.4, 0.5) is 5.69 Å². The third-order valence-electron chi connectivity index (χ3n) is 4.33. The zero-order chi connectivity index (χ0) is 15.5. The van der Waals surface area contributed by atoms with E-state index in [2.05, 4.69) is 47.4 Å². The molecule has 3 nitrogen and oxygen atoms in total. The predicted molar refractivity (Wildman–Crippen MR) is 91.8 cm³/mol. The van der Waals surface area contributed by atoms with E-state index in [0.29, 0.717) is 0 Å². The van der Waals surface area contributed by atoms with Gasteiger partial charge in [0.1, 0.15) is 0 Å². The highest BCUT2D eigenvalue weighted by Crippen LogP contribution is 2.38. The van der Waals surface area contributed by atoms with E-state index in [1.54, 1.807) is 0 Å². The highest BCUT2D eigenvalue weighted by Gasteiger charge is 2.30. The highest BCUT2D eigenvalue weighted by molar-refractivity contribution is 5.80. The fraction of sp³-hybridized carbons (Fsp3) is 0.316. The number of hydrogen-bond acceptors (Lipinski definition) is 3. The molecule has 0 fully saturated rings. The van der Waals surface area contributed by atoms with Crippen LogP contribution < -0.4 is 4.90 Å². The lowest BCUT2D eigenvalue weighted by atomic mass is 10.0. The standard InChI is InChI=1S/C19H22N2O/c1-21(2)17-9-7-14(8-10-17)12-20-19-16(13-22)11-15-5-3-4-6-18(15)19/h3-10,12,16,19,22H,11,13H2,1-2H3/t16-,19+/m1/s1. The van der Waals surface area contributed by atoms with Crippen LogP contribution in [0.2, 0.25) is 0 Å². The lowest BCUT2D eigenvalue weighted by Crippen LogP contribution is -2.11. The molecule has 1 N–H and O–H groups in total. The summed E-state index contributed by atoms with van der Waals surface area (Å²) in [6.45, 7) is 0.177. The van der Waals surface area contributed by atoms with Gasteiger partial charge < -0.3 is 10.0 Å². The maximum atomic E-state index is 9.62. The van der Waals surface area contributed by atoms with Gasteiger partial charge in [0.25, 0.3) is 0 Å². The Hall–Kier alpha value is -2.13. The molecular formula is C19H22N2O. The van der Waals surface area contributed by atoms with Gasteiger partial charge in [-0.15, -0.1) is 0 Å². The first-order valence-corrected chi connectivity index (χ1v) is 7.68. The van der Waals surface area contributed by atoms with Gasteiger partial charge in [-0.1, -0.05) is 36.4 Å². The normalized spacial score (nSPS) is 20.3. The third-order valence-corrected chi connectivity index (χ3v) is 4.33. The topological polar surface area (TPSA) is 35.8 Å². The number of hydrogen-bond donors (Lipinski definition) is 1. The van der Waals surface area contributed by atoms with Crippen molar-refractivity contribution in [3.63, 3.8) is 0 Å². The predicted octanol–water partition coefficient (Wildman–Crippen LogP) is 3.08. The van der Waals surface area contributed by atoms with Crippen LogP contribution in [0.15, 0.2) is 53.5 Å². The number of aliphatic hydroxyl groups excluding tert-OH is 1. The summed E-state index contributed by atoms with van der Waals surface area (Å²) in [4.78, 5) is 6.84. The van der Waals surface area contributed by atoms with Crippen molar-refractivity contribution in [3.05, 3.63) is 65.2 Å². The van der Waals surface area contributed by atoms with Crippen molar-refractivity contribution < 1.29 is 5.11 Å². The van der Waals surface area contributed by atoms with Crippen LogP contribution in [-0.4, -0.2) is 32.0 Å². The van der Waals surface area contributed by atoms with Gasteiger partial charge in [0.15, 0.2) is 0 Å². The Morgan fingerprint density at radius 2 is 1.86 bits per heavy atom. The average Bonchev–Trinajstić information content (AvgIpc) is 2.91. The van der Waals surface area contributed by atoms with Crippen molar-refractivity contribution >= 4 is 11.9 Å². The number of aliphatic hydroxyl groups is 1. The van der Waals surface area contributed by atoms with E-state index in [0.717, 1.165) is 12.0 Å². The molecular weight excluding hydrogens is 272 g/mol. The molecule has 22 heavy (non-hydrogen) atoms. The molecule has 0 saturated carbocycles. The minimum Gasteiger partial charge on any atom is -0.396 e. The first-order valence-electron chi connectivity index (χ1n) is 7.68. The van der Waals surface area contributed by atoms with Crippen LogP contribution in [0.5, 0.6) is 0 Å². The number of aliphatic imine (C=N–C) groups is 1. The van der Waals surface area contributed by atoms with Crippen LogP contribution in [-0.2, 0) is 6.42 Å². The quantitative estimate of drug-likeness (QED) is 0.880. The van der Waals surface area contributed by atoms with Crippen molar-refractivity contribution in [2.24, 2.45) is 10.9 Å². The molecule has 0 aliphatic heterocycles. The van der Waals surface area contributed by atoms with Crippen LogP contribution in [0.3, 0.4) is 0 Å². The van der Waals surface area contributed by atoms with Gasteiger partial charge in [-0.25, -0.2) is 0 Å². The van der Waals surface area contributed by atoms with Gasteiger partial charge in [-0.05, 0) is 35.2 Å². The maximum absolute atomic E-state index is 9.62. The molecule has 0 amide bonds. The molecule has 0 saturated heterocycles. The van der Waals surface area contributed by atoms with Crippen molar-refractivity contribution in [1.82, 2.24) is 0 Å². The lowest BCUT2D eigenvalue weighted by Gasteiger charge is -2.14. The second kappa shape index (κ2) is 6.32. The van der Waals surface area contributed by atoms with Crippen molar-refractivity contribution in [2.75, 3.05) is 25.6 Å². The zero-order valence-electron chi connectivity index (χ0n) is 13.1. The number of fused-ring (bicyclic) bond motifs is 1. The van der Waals surface area contributed by atoms with Gasteiger partial charge in [-0.2, -0.15) is 0 Å². The molecule has 2 aromatic carbocycles. The fourth-order valence-corrected chi connectivity index (χ4v) is 3.05. The van der Waals surface area contributed by atoms with Crippen LogP contribution in [0.1, 0.15) is 22.7 Å². The summed E-state index contributed by atoms with van der Waals surface area (Å²) >= 11 is 0. The molecule has 0 unspecified atom stereocenters. The van der Waals surface area contributed by atoms with E-state index in [4.69, 9.17) is 4.99 Å². The average molecular weight is 294 g/mol. The van der Waals surface area contributed by atoms with Crippen molar-refractivity contribution in [3.8, 4) is 0 Å². The molecule has 0 aromatic heterocycles. The zero-order valence-corrected chi connectivity index (χ0v) is 13.1. The molecule has 114 valence electrons. The first-order chi connectivity index (χ1) is 10.7. The summed E-state index contributed by atoms with van der Waals surface area (Å²) in [7, 11) is 4.06. The first kappa shape index (κ1) is 14.8. The second-order valence-corrected chi connectivity index (χ2v) is 6.05. The van der Waals surface area contributed by atoms with E-state index >= 15 is 0 Å². The molecule has 2 aromatic rings. The van der Waals surface area contributed by atoms with Crippen LogP contribution in [0, 0.1) is 5.92 Å². The Labute approximate surface area is 131 Å². The van der Waals surface area contributed by atoms with Gasteiger partial charge in [0.2, 0.25) is 0 Å². The molecule has 1 aliphatic carbocycles. The molecule has 3 heteroatoms. The van der Waals surface area contributed by atoms with Gasteiger partial charge in [-0.3, -0.25) is 4.99 Å². The van der Waals surface area contributed by atoms with Crippen molar-refractivity contribution in [1.29, 1.82) is 0 Å². The van der Waals surface area contributed by atoms with E-state index in [1.165, 1.54) is 16.8 Å². The SMILES string of the molecule is CN(C)c1ccc(C=N[C@@H]2c3ccccc3C[C@@H]2CO)cc1. The minimum atomic E-state index is 0.0646. The monoisotopic (exact) mass is 294 g/mol. The fourth-order valence-electron chi connectivity index (χ4n) is 3.05. The summed E-state index contributed by atoms with van der Waals surface area (Å²) in [5.74, 6) is 0.190. The third kappa shape index (κ3) is 2.90. The van der Waals surface area contributed by atoms with Crippen LogP contribution >= 0.6 is 0 Å². The van der Waals surface area contributed by atoms with Crippen molar-refractivity contribution in [2.45, 2.75) is 12.5 Å². The second-order valence-electron chi connectivity index (χ2n) is 6.05. The molecule has 1 aliphatic rings. The lowest BCUT2D eigenvalue weighted by molar-refractivity contribution is 0.214. The number of rotatable bonds is 4. The van der Waals surface area contributed by atoms with E-state index in [1.807, 2.05) is 26.4 Å². The Kier molecular flexibility index (Phi) is 4.25. The number of benzene rings is 2. The summed E-state index contributed by atoms with van der Waals surface area (Å²) in [5, 5.41) is 9.62.